The van der Waals surface area contributed by atoms with Crippen LogP contribution in [0.3, 0.4) is 0 Å². The third kappa shape index (κ3) is 3.38. The molecule has 2 heterocycles. The smallest absolute Gasteiger partial charge is 0.159 e. The zero-order valence-corrected chi connectivity index (χ0v) is 14.4. The summed E-state index contributed by atoms with van der Waals surface area (Å²) in [5, 5.41) is 0. The number of halogens is 1. The third-order valence-electron chi connectivity index (χ3n) is 4.47. The molecular weight excluding hydrogens is 315 g/mol. The molecule has 4 heteroatoms. The van der Waals surface area contributed by atoms with Gasteiger partial charge in [0.05, 0.1) is 17.6 Å². The van der Waals surface area contributed by atoms with Crippen molar-refractivity contribution < 1.29 is 9.18 Å². The Morgan fingerprint density at radius 2 is 2.08 bits per heavy atom. The van der Waals surface area contributed by atoms with Crippen LogP contribution in [0, 0.1) is 17.7 Å². The number of fused-ring (bicyclic) bond motifs is 1. The number of rotatable bonds is 6. The molecule has 1 atom stereocenters. The van der Waals surface area contributed by atoms with Gasteiger partial charge in [-0.1, -0.05) is 38.1 Å². The van der Waals surface area contributed by atoms with Crippen molar-refractivity contribution in [3.05, 3.63) is 67.3 Å². The Hall–Kier alpha value is -2.75. The second kappa shape index (κ2) is 7.01. The minimum absolute atomic E-state index is 0.110. The molecular formula is C21H21FN2O. The van der Waals surface area contributed by atoms with Gasteiger partial charge in [-0.15, -0.1) is 6.58 Å². The van der Waals surface area contributed by atoms with Crippen LogP contribution in [-0.2, 0) is 11.3 Å². The zero-order chi connectivity index (χ0) is 18.0. The summed E-state index contributed by atoms with van der Waals surface area (Å²) in [5.74, 6) is -0.151. The van der Waals surface area contributed by atoms with E-state index in [0.29, 0.717) is 11.1 Å². The van der Waals surface area contributed by atoms with Gasteiger partial charge in [-0.3, -0.25) is 9.78 Å². The first kappa shape index (κ1) is 17.1. The molecule has 0 spiro atoms. The summed E-state index contributed by atoms with van der Waals surface area (Å²) >= 11 is 0. The molecule has 0 fully saturated rings. The van der Waals surface area contributed by atoms with Gasteiger partial charge in [0.15, 0.2) is 5.78 Å². The average Bonchev–Trinajstić information content (AvgIpc) is 2.98. The van der Waals surface area contributed by atoms with Crippen molar-refractivity contribution in [1.82, 2.24) is 9.55 Å². The summed E-state index contributed by atoms with van der Waals surface area (Å²) < 4.78 is 15.9. The average molecular weight is 336 g/mol. The molecule has 0 N–H and O–H groups in total. The van der Waals surface area contributed by atoms with Crippen LogP contribution in [-0.4, -0.2) is 15.3 Å². The Balaban J connectivity index is 1.98. The summed E-state index contributed by atoms with van der Waals surface area (Å²) in [6.07, 6.45) is 5.22. The van der Waals surface area contributed by atoms with Crippen LogP contribution in [0.1, 0.15) is 13.8 Å². The normalized spacial score (nSPS) is 12.5. The second-order valence-corrected chi connectivity index (χ2v) is 6.52. The minimum atomic E-state index is -0.288. The van der Waals surface area contributed by atoms with E-state index < -0.39 is 0 Å². The number of hydrogen-bond donors (Lipinski definition) is 0. The number of carbonyl (C=O) groups is 1. The molecule has 0 aliphatic carbocycles. The highest BCUT2D eigenvalue weighted by molar-refractivity contribution is 5.86. The quantitative estimate of drug-likeness (QED) is 0.602. The first-order valence-corrected chi connectivity index (χ1v) is 8.36. The van der Waals surface area contributed by atoms with E-state index in [-0.39, 0.29) is 30.0 Å². The number of carbonyl (C=O) groups excluding carboxylic acids is 1. The molecule has 1 aromatic carbocycles. The highest BCUT2D eigenvalue weighted by Crippen LogP contribution is 2.26. The maximum Gasteiger partial charge on any atom is 0.159 e. The molecule has 3 nitrogen and oxygen atoms in total. The van der Waals surface area contributed by atoms with Gasteiger partial charge in [-0.05, 0) is 24.1 Å². The fourth-order valence-electron chi connectivity index (χ4n) is 3.09. The van der Waals surface area contributed by atoms with Crippen LogP contribution in [0.4, 0.5) is 4.39 Å². The van der Waals surface area contributed by atoms with Gasteiger partial charge in [0.1, 0.15) is 5.82 Å². The number of allylic oxidation sites excluding steroid dienone is 1. The highest BCUT2D eigenvalue weighted by atomic mass is 19.1. The van der Waals surface area contributed by atoms with Crippen LogP contribution in [0.25, 0.3) is 22.2 Å². The van der Waals surface area contributed by atoms with E-state index in [4.69, 9.17) is 0 Å². The molecule has 1 unspecified atom stereocenters. The van der Waals surface area contributed by atoms with E-state index in [9.17, 15) is 9.18 Å². The molecule has 0 amide bonds. The standard InChI is InChI=1S/C21H21FN2O/c1-4-16(14(2)3)21(25)13-24-10-9-19-20(24)11-15(12-23-19)17-7-5-6-8-18(17)22/h4-12,14,16H,1,13H2,2-3H3. The fourth-order valence-corrected chi connectivity index (χ4v) is 3.09. The lowest BCUT2D eigenvalue weighted by molar-refractivity contribution is -0.123. The SMILES string of the molecule is C=CC(C(=O)Cn1ccc2ncc(-c3ccccc3F)cc21)C(C)C. The molecule has 0 radical (unpaired) electrons. The minimum Gasteiger partial charge on any atom is -0.339 e. The Labute approximate surface area is 146 Å². The number of pyridine rings is 1. The van der Waals surface area contributed by atoms with Crippen LogP contribution >= 0.6 is 0 Å². The van der Waals surface area contributed by atoms with E-state index in [2.05, 4.69) is 11.6 Å². The maximum atomic E-state index is 14.1. The largest absolute Gasteiger partial charge is 0.339 e. The lowest BCUT2D eigenvalue weighted by atomic mass is 9.91. The Morgan fingerprint density at radius 3 is 2.76 bits per heavy atom. The number of aromatic nitrogens is 2. The summed E-state index contributed by atoms with van der Waals surface area (Å²) in [4.78, 5) is 17.0. The van der Waals surface area contributed by atoms with Gasteiger partial charge in [-0.25, -0.2) is 4.39 Å². The molecule has 3 rings (SSSR count). The maximum absolute atomic E-state index is 14.1. The van der Waals surface area contributed by atoms with Crippen molar-refractivity contribution in [2.45, 2.75) is 20.4 Å². The van der Waals surface area contributed by atoms with Gasteiger partial charge in [0, 0.05) is 29.4 Å². The van der Waals surface area contributed by atoms with Gasteiger partial charge in [0.2, 0.25) is 0 Å². The van der Waals surface area contributed by atoms with Crippen molar-refractivity contribution in [3.63, 3.8) is 0 Å². The Kier molecular flexibility index (Phi) is 4.79. The van der Waals surface area contributed by atoms with E-state index >= 15 is 0 Å². The topological polar surface area (TPSA) is 34.9 Å². The van der Waals surface area contributed by atoms with Crippen LogP contribution < -0.4 is 0 Å². The lowest BCUT2D eigenvalue weighted by Gasteiger charge is -2.16. The first-order chi connectivity index (χ1) is 12.0. The number of hydrogen-bond acceptors (Lipinski definition) is 2. The molecule has 0 aliphatic rings. The summed E-state index contributed by atoms with van der Waals surface area (Å²) in [5.41, 5.74) is 2.80. The van der Waals surface area contributed by atoms with Crippen molar-refractivity contribution in [3.8, 4) is 11.1 Å². The van der Waals surface area contributed by atoms with E-state index in [1.54, 1.807) is 30.5 Å². The lowest BCUT2D eigenvalue weighted by Crippen LogP contribution is -2.22. The van der Waals surface area contributed by atoms with E-state index in [1.165, 1.54) is 6.07 Å². The molecule has 3 aromatic rings. The van der Waals surface area contributed by atoms with E-state index in [0.717, 1.165) is 11.0 Å². The van der Waals surface area contributed by atoms with Crippen molar-refractivity contribution in [1.29, 1.82) is 0 Å². The summed E-state index contributed by atoms with van der Waals surface area (Å²) in [6, 6.07) is 10.4. The number of Topliss-reactive ketones (excluding diaryl/α,β-unsaturated/α-hetero) is 1. The van der Waals surface area contributed by atoms with Crippen LogP contribution in [0.2, 0.25) is 0 Å². The fraction of sp³-hybridized carbons (Fsp3) is 0.238. The third-order valence-corrected chi connectivity index (χ3v) is 4.47. The van der Waals surface area contributed by atoms with Crippen molar-refractivity contribution >= 4 is 16.8 Å². The number of nitrogens with zero attached hydrogens (tertiary/aromatic N) is 2. The van der Waals surface area contributed by atoms with Gasteiger partial charge in [-0.2, -0.15) is 0 Å². The zero-order valence-electron chi connectivity index (χ0n) is 14.4. The van der Waals surface area contributed by atoms with Gasteiger partial charge in [0.25, 0.3) is 0 Å². The Bertz CT molecular complexity index is 927. The van der Waals surface area contributed by atoms with Crippen LogP contribution in [0.5, 0.6) is 0 Å². The predicted octanol–water partition coefficient (Wildman–Crippen LogP) is 4.87. The first-order valence-electron chi connectivity index (χ1n) is 8.36. The number of ketones is 1. The Morgan fingerprint density at radius 1 is 1.32 bits per heavy atom. The summed E-state index contributed by atoms with van der Waals surface area (Å²) in [6.45, 7) is 8.04. The molecule has 0 saturated carbocycles. The molecule has 128 valence electrons. The van der Waals surface area contributed by atoms with Gasteiger partial charge >= 0.3 is 0 Å². The van der Waals surface area contributed by atoms with Crippen molar-refractivity contribution in [2.75, 3.05) is 0 Å². The molecule has 0 aliphatic heterocycles. The highest BCUT2D eigenvalue weighted by Gasteiger charge is 2.19. The van der Waals surface area contributed by atoms with Crippen LogP contribution in [0.15, 0.2) is 61.4 Å². The van der Waals surface area contributed by atoms with E-state index in [1.807, 2.05) is 36.7 Å². The second-order valence-electron chi connectivity index (χ2n) is 6.52. The summed E-state index contributed by atoms with van der Waals surface area (Å²) in [7, 11) is 0. The monoisotopic (exact) mass is 336 g/mol. The molecule has 2 aromatic heterocycles. The molecule has 0 saturated heterocycles. The number of benzene rings is 1. The molecule has 25 heavy (non-hydrogen) atoms. The van der Waals surface area contributed by atoms with Crippen molar-refractivity contribution in [2.24, 2.45) is 11.8 Å². The van der Waals surface area contributed by atoms with Gasteiger partial charge < -0.3 is 4.57 Å². The predicted molar refractivity (Wildman–Crippen MR) is 98.7 cm³/mol. The molecule has 0 bridgehead atoms.